The smallest absolute Gasteiger partial charge is 0.462 e. The molecule has 0 rings (SSSR count). The largest absolute Gasteiger partial charge is 0.469 e. The second-order valence-electron chi connectivity index (χ2n) is 17.2. The monoisotopic (exact) mass is 843 g/mol. The first-order valence-electron chi connectivity index (χ1n) is 25.0. The van der Waals surface area contributed by atoms with Crippen molar-refractivity contribution in [2.75, 3.05) is 13.2 Å². The summed E-state index contributed by atoms with van der Waals surface area (Å²) in [5.41, 5.74) is 0. The number of esters is 2. The van der Waals surface area contributed by atoms with E-state index in [1.165, 1.54) is 199 Å². The molecule has 0 aliphatic carbocycles. The lowest BCUT2D eigenvalue weighted by Crippen LogP contribution is -2.29. The van der Waals surface area contributed by atoms with Gasteiger partial charge < -0.3 is 19.3 Å². The number of phosphoric acid groups is 1. The number of rotatable bonds is 47. The Kier molecular flexibility index (Phi) is 44.4. The maximum atomic E-state index is 12.5. The molecule has 0 aliphatic rings. The summed E-state index contributed by atoms with van der Waals surface area (Å²) in [7, 11) is -4.75. The summed E-state index contributed by atoms with van der Waals surface area (Å²) in [6, 6.07) is 0. The molecule has 0 saturated heterocycles. The SMILES string of the molecule is CCCCCCCCCC/C=C\CCCCCCCCCCCC(=O)OC(COC(=O)CCCCCCCCCCCCCCCCCCCCC)COP(=O)(O)O. The van der Waals surface area contributed by atoms with E-state index in [1.807, 2.05) is 0 Å². The third kappa shape index (κ3) is 47.5. The van der Waals surface area contributed by atoms with E-state index in [4.69, 9.17) is 19.3 Å². The maximum Gasteiger partial charge on any atom is 0.469 e. The molecule has 8 nitrogen and oxygen atoms in total. The van der Waals surface area contributed by atoms with Crippen molar-refractivity contribution in [1.82, 2.24) is 0 Å². The summed E-state index contributed by atoms with van der Waals surface area (Å²) < 4.78 is 26.5. The van der Waals surface area contributed by atoms with Crippen LogP contribution in [0.25, 0.3) is 0 Å². The molecule has 1 atom stereocenters. The van der Waals surface area contributed by atoms with Crippen LogP contribution >= 0.6 is 7.82 Å². The predicted molar refractivity (Wildman–Crippen MR) is 244 cm³/mol. The quantitative estimate of drug-likeness (QED) is 0.0269. The molecule has 0 saturated carbocycles. The van der Waals surface area contributed by atoms with Gasteiger partial charge in [-0.1, -0.05) is 231 Å². The molecule has 344 valence electrons. The average molecular weight is 843 g/mol. The number of carbonyl (C=O) groups excluding carboxylic acids is 2. The van der Waals surface area contributed by atoms with E-state index in [0.717, 1.165) is 38.5 Å². The highest BCUT2D eigenvalue weighted by atomic mass is 31.2. The number of ether oxygens (including phenoxy) is 2. The zero-order valence-electron chi connectivity index (χ0n) is 38.2. The first-order chi connectivity index (χ1) is 28.3. The molecule has 0 amide bonds. The normalized spacial score (nSPS) is 12.4. The van der Waals surface area contributed by atoms with E-state index < -0.39 is 32.5 Å². The number of hydrogen-bond acceptors (Lipinski definition) is 6. The van der Waals surface area contributed by atoms with Gasteiger partial charge in [-0.15, -0.1) is 0 Å². The minimum atomic E-state index is -4.75. The zero-order valence-corrected chi connectivity index (χ0v) is 39.1. The Morgan fingerprint density at radius 3 is 1.05 bits per heavy atom. The maximum absolute atomic E-state index is 12.5. The minimum Gasteiger partial charge on any atom is -0.462 e. The molecule has 0 bridgehead atoms. The summed E-state index contributed by atoms with van der Waals surface area (Å²) in [5, 5.41) is 0. The van der Waals surface area contributed by atoms with Crippen molar-refractivity contribution in [2.24, 2.45) is 0 Å². The van der Waals surface area contributed by atoms with Crippen LogP contribution in [0.2, 0.25) is 0 Å². The van der Waals surface area contributed by atoms with Crippen molar-refractivity contribution in [3.8, 4) is 0 Å². The molecular formula is C49H95O8P. The van der Waals surface area contributed by atoms with Crippen molar-refractivity contribution in [3.05, 3.63) is 12.2 Å². The van der Waals surface area contributed by atoms with E-state index >= 15 is 0 Å². The Morgan fingerprint density at radius 2 is 0.724 bits per heavy atom. The number of unbranched alkanes of at least 4 members (excludes halogenated alkanes) is 35. The van der Waals surface area contributed by atoms with Crippen LogP contribution < -0.4 is 0 Å². The molecule has 0 aromatic heterocycles. The zero-order chi connectivity index (χ0) is 42.5. The van der Waals surface area contributed by atoms with Gasteiger partial charge in [0.15, 0.2) is 6.10 Å². The molecule has 1 unspecified atom stereocenters. The van der Waals surface area contributed by atoms with Gasteiger partial charge in [0.1, 0.15) is 6.61 Å². The van der Waals surface area contributed by atoms with Crippen LogP contribution in [-0.2, 0) is 28.2 Å². The molecule has 0 radical (unpaired) electrons. The molecule has 0 fully saturated rings. The summed E-state index contributed by atoms with van der Waals surface area (Å²) in [4.78, 5) is 43.1. The second-order valence-corrected chi connectivity index (χ2v) is 18.4. The Balaban J connectivity index is 3.79. The highest BCUT2D eigenvalue weighted by Gasteiger charge is 2.23. The Morgan fingerprint density at radius 1 is 0.431 bits per heavy atom. The van der Waals surface area contributed by atoms with Gasteiger partial charge in [-0.25, -0.2) is 4.57 Å². The van der Waals surface area contributed by atoms with Gasteiger partial charge in [0.05, 0.1) is 6.61 Å². The standard InChI is InChI=1S/C49H95O8P/c1-3-5-7-9-11-13-15-17-19-21-23-24-26-28-30-32-34-36-38-40-42-44-49(51)57-47(46-56-58(52,53)54)45-55-48(50)43-41-39-37-35-33-31-29-27-25-22-20-18-16-14-12-10-8-6-4-2/h21,23,47H,3-20,22,24-46H2,1-2H3,(H2,52,53,54)/b23-21-. The number of phosphoric ester groups is 1. The lowest BCUT2D eigenvalue weighted by Gasteiger charge is -2.18. The molecule has 9 heteroatoms. The van der Waals surface area contributed by atoms with Crippen molar-refractivity contribution >= 4 is 19.8 Å². The fourth-order valence-corrected chi connectivity index (χ4v) is 7.91. The molecule has 0 aromatic carbocycles. The van der Waals surface area contributed by atoms with Crippen molar-refractivity contribution in [3.63, 3.8) is 0 Å². The van der Waals surface area contributed by atoms with Gasteiger partial charge in [0.25, 0.3) is 0 Å². The van der Waals surface area contributed by atoms with Crippen LogP contribution in [0.5, 0.6) is 0 Å². The van der Waals surface area contributed by atoms with Gasteiger partial charge in [0.2, 0.25) is 0 Å². The molecule has 58 heavy (non-hydrogen) atoms. The summed E-state index contributed by atoms with van der Waals surface area (Å²) in [5.74, 6) is -0.869. The molecule has 0 spiro atoms. The number of hydrogen-bond donors (Lipinski definition) is 2. The minimum absolute atomic E-state index is 0.215. The highest BCUT2D eigenvalue weighted by Crippen LogP contribution is 2.36. The molecule has 0 aliphatic heterocycles. The van der Waals surface area contributed by atoms with Crippen LogP contribution in [0.3, 0.4) is 0 Å². The average Bonchev–Trinajstić information content (AvgIpc) is 3.20. The van der Waals surface area contributed by atoms with E-state index in [-0.39, 0.29) is 19.4 Å². The summed E-state index contributed by atoms with van der Waals surface area (Å²) >= 11 is 0. The number of carbonyl (C=O) groups is 2. The second kappa shape index (κ2) is 45.3. The van der Waals surface area contributed by atoms with Crippen LogP contribution in [0.15, 0.2) is 12.2 Å². The third-order valence-corrected chi connectivity index (χ3v) is 11.8. The van der Waals surface area contributed by atoms with Crippen molar-refractivity contribution < 1.29 is 37.9 Å². The summed E-state index contributed by atoms with van der Waals surface area (Å²) in [6.07, 6.45) is 52.3. The lowest BCUT2D eigenvalue weighted by molar-refractivity contribution is -0.161. The first-order valence-corrected chi connectivity index (χ1v) is 26.5. The van der Waals surface area contributed by atoms with Gasteiger partial charge in [-0.2, -0.15) is 0 Å². The van der Waals surface area contributed by atoms with Crippen LogP contribution in [0.4, 0.5) is 0 Å². The Labute approximate surface area is 358 Å². The topological polar surface area (TPSA) is 119 Å². The van der Waals surface area contributed by atoms with Crippen molar-refractivity contribution in [2.45, 2.75) is 277 Å². The van der Waals surface area contributed by atoms with E-state index in [0.29, 0.717) is 6.42 Å². The fourth-order valence-electron chi connectivity index (χ4n) is 7.55. The first kappa shape index (κ1) is 56.8. The van der Waals surface area contributed by atoms with E-state index in [2.05, 4.69) is 30.5 Å². The van der Waals surface area contributed by atoms with Gasteiger partial charge >= 0.3 is 19.8 Å². The Hall–Kier alpha value is -1.21. The Bertz CT molecular complexity index is 951. The number of allylic oxidation sites excluding steroid dienone is 2. The molecule has 0 heterocycles. The van der Waals surface area contributed by atoms with Gasteiger partial charge in [-0.05, 0) is 38.5 Å². The molecular weight excluding hydrogens is 748 g/mol. The van der Waals surface area contributed by atoms with Gasteiger partial charge in [-0.3, -0.25) is 14.1 Å². The summed E-state index contributed by atoms with van der Waals surface area (Å²) in [6.45, 7) is 3.74. The lowest BCUT2D eigenvalue weighted by atomic mass is 10.0. The van der Waals surface area contributed by atoms with Crippen molar-refractivity contribution in [1.29, 1.82) is 0 Å². The predicted octanol–water partition coefficient (Wildman–Crippen LogP) is 15.8. The van der Waals surface area contributed by atoms with Crippen LogP contribution in [0.1, 0.15) is 271 Å². The molecule has 0 aromatic rings. The fraction of sp³-hybridized carbons (Fsp3) is 0.918. The third-order valence-electron chi connectivity index (χ3n) is 11.3. The van der Waals surface area contributed by atoms with Crippen LogP contribution in [0, 0.1) is 0 Å². The van der Waals surface area contributed by atoms with E-state index in [1.54, 1.807) is 0 Å². The highest BCUT2D eigenvalue weighted by molar-refractivity contribution is 7.46. The molecule has 2 N–H and O–H groups in total. The van der Waals surface area contributed by atoms with Gasteiger partial charge in [0, 0.05) is 12.8 Å². The van der Waals surface area contributed by atoms with Crippen LogP contribution in [-0.4, -0.2) is 41.0 Å². The van der Waals surface area contributed by atoms with E-state index in [9.17, 15) is 14.2 Å².